The molecule has 1 fully saturated rings. The van der Waals surface area contributed by atoms with Crippen LogP contribution >= 0.6 is 11.6 Å². The number of nitrogens with zero attached hydrogens (tertiary/aromatic N) is 3. The Hall–Kier alpha value is -3.58. The normalized spacial score (nSPS) is 12.6. The van der Waals surface area contributed by atoms with Gasteiger partial charge in [0.25, 0.3) is 11.8 Å². The summed E-state index contributed by atoms with van der Waals surface area (Å²) in [5.41, 5.74) is -0.898. The van der Waals surface area contributed by atoms with Crippen molar-refractivity contribution < 1.29 is 18.8 Å². The van der Waals surface area contributed by atoms with Crippen LogP contribution in [0.3, 0.4) is 0 Å². The number of amides is 3. The molecule has 0 atom stereocenters. The van der Waals surface area contributed by atoms with Crippen LogP contribution in [0.25, 0.3) is 0 Å². The zero-order valence-electron chi connectivity index (χ0n) is 15.0. The molecule has 11 heteroatoms. The molecule has 0 aliphatic heterocycles. The Morgan fingerprint density at radius 1 is 1.17 bits per heavy atom. The fraction of sp³-hybridized carbons (Fsp3) is 0.222. The molecule has 0 saturated heterocycles. The fourth-order valence-electron chi connectivity index (χ4n) is 2.45. The number of halogens is 2. The molecule has 0 spiro atoms. The van der Waals surface area contributed by atoms with E-state index in [1.807, 2.05) is 0 Å². The Labute approximate surface area is 169 Å². The lowest BCUT2D eigenvalue weighted by atomic mass is 10.1. The van der Waals surface area contributed by atoms with Gasteiger partial charge in [0.1, 0.15) is 5.82 Å². The van der Waals surface area contributed by atoms with E-state index in [0.717, 1.165) is 25.0 Å². The van der Waals surface area contributed by atoms with Gasteiger partial charge in [-0.2, -0.15) is 5.26 Å². The molecular formula is C18H14ClFN6O3. The highest BCUT2D eigenvalue weighted by molar-refractivity contribution is 6.34. The minimum Gasteiger partial charge on any atom is -0.354 e. The van der Waals surface area contributed by atoms with Crippen LogP contribution in [0, 0.1) is 23.1 Å². The van der Waals surface area contributed by atoms with Crippen molar-refractivity contribution in [2.75, 3.05) is 17.7 Å². The molecule has 29 heavy (non-hydrogen) atoms. The summed E-state index contributed by atoms with van der Waals surface area (Å²) < 4.78 is 14.3. The number of aromatic nitrogens is 2. The lowest BCUT2D eigenvalue weighted by molar-refractivity contribution is -0.117. The van der Waals surface area contributed by atoms with Gasteiger partial charge in [-0.25, -0.2) is 4.39 Å². The largest absolute Gasteiger partial charge is 0.354 e. The molecular weight excluding hydrogens is 403 g/mol. The minimum atomic E-state index is -1.00. The van der Waals surface area contributed by atoms with Crippen LogP contribution in [0.4, 0.5) is 15.9 Å². The first-order valence-electron chi connectivity index (χ1n) is 8.45. The second-order valence-electron chi connectivity index (χ2n) is 6.22. The summed E-state index contributed by atoms with van der Waals surface area (Å²) in [6.07, 6.45) is 1.55. The number of carbonyl (C=O) groups excluding carboxylic acids is 3. The summed E-state index contributed by atoms with van der Waals surface area (Å²) >= 11 is 5.93. The topological polar surface area (TPSA) is 137 Å². The first-order chi connectivity index (χ1) is 13.8. The summed E-state index contributed by atoms with van der Waals surface area (Å²) in [6, 6.07) is 4.98. The van der Waals surface area contributed by atoms with Crippen LogP contribution in [0.5, 0.6) is 0 Å². The fourth-order valence-corrected chi connectivity index (χ4v) is 2.74. The van der Waals surface area contributed by atoms with E-state index in [2.05, 4.69) is 26.1 Å². The minimum absolute atomic E-state index is 0.0243. The number of nitriles is 1. The van der Waals surface area contributed by atoms with E-state index in [0.29, 0.717) is 0 Å². The maximum Gasteiger partial charge on any atom is 0.273 e. The lowest BCUT2D eigenvalue weighted by Gasteiger charge is -2.12. The second kappa shape index (κ2) is 8.20. The Morgan fingerprint density at radius 2 is 1.90 bits per heavy atom. The molecule has 0 radical (unpaired) electrons. The van der Waals surface area contributed by atoms with E-state index >= 15 is 0 Å². The molecule has 148 valence electrons. The summed E-state index contributed by atoms with van der Waals surface area (Å²) in [6.45, 7) is 0. The van der Waals surface area contributed by atoms with Gasteiger partial charge in [-0.1, -0.05) is 11.6 Å². The Kier molecular flexibility index (Phi) is 5.70. The van der Waals surface area contributed by atoms with Crippen molar-refractivity contribution in [3.8, 4) is 6.07 Å². The Morgan fingerprint density at radius 3 is 2.48 bits per heavy atom. The highest BCUT2D eigenvalue weighted by Crippen LogP contribution is 2.30. The predicted octanol–water partition coefficient (Wildman–Crippen LogP) is 2.10. The van der Waals surface area contributed by atoms with Crippen molar-refractivity contribution in [2.45, 2.75) is 12.8 Å². The van der Waals surface area contributed by atoms with Gasteiger partial charge in [0, 0.05) is 19.0 Å². The zero-order chi connectivity index (χ0) is 21.1. The Balaban J connectivity index is 1.93. The van der Waals surface area contributed by atoms with Crippen LogP contribution in [-0.2, 0) is 4.79 Å². The summed E-state index contributed by atoms with van der Waals surface area (Å²) in [5, 5.41) is 23.3. The van der Waals surface area contributed by atoms with E-state index in [1.54, 1.807) is 6.07 Å². The van der Waals surface area contributed by atoms with Gasteiger partial charge in [-0.15, -0.1) is 10.2 Å². The molecule has 1 saturated carbocycles. The predicted molar refractivity (Wildman–Crippen MR) is 101 cm³/mol. The Bertz CT molecular complexity index is 1040. The molecule has 1 aliphatic carbocycles. The van der Waals surface area contributed by atoms with Crippen molar-refractivity contribution in [2.24, 2.45) is 5.92 Å². The first kappa shape index (κ1) is 20.2. The van der Waals surface area contributed by atoms with Crippen LogP contribution < -0.4 is 16.0 Å². The monoisotopic (exact) mass is 416 g/mol. The molecule has 3 rings (SSSR count). The zero-order valence-corrected chi connectivity index (χ0v) is 15.8. The maximum atomic E-state index is 14.3. The van der Waals surface area contributed by atoms with Crippen molar-refractivity contribution in [3.63, 3.8) is 0 Å². The SMILES string of the molecule is CNC(=O)c1nnc(NC(=O)C2CC2)cc1NC(=O)c1c(F)cc(C#N)cc1Cl. The van der Waals surface area contributed by atoms with E-state index < -0.39 is 23.2 Å². The highest BCUT2D eigenvalue weighted by Gasteiger charge is 2.30. The third-order valence-corrected chi connectivity index (χ3v) is 4.38. The average Bonchev–Trinajstić information content (AvgIpc) is 3.52. The lowest BCUT2D eigenvalue weighted by Crippen LogP contribution is -2.25. The summed E-state index contributed by atoms with van der Waals surface area (Å²) in [5.74, 6) is -2.94. The second-order valence-corrected chi connectivity index (χ2v) is 6.62. The van der Waals surface area contributed by atoms with Gasteiger partial charge in [0.2, 0.25) is 5.91 Å². The quantitative estimate of drug-likeness (QED) is 0.682. The van der Waals surface area contributed by atoms with Crippen molar-refractivity contribution in [3.05, 3.63) is 45.9 Å². The summed E-state index contributed by atoms with van der Waals surface area (Å²) in [7, 11) is 1.36. The third kappa shape index (κ3) is 4.47. The molecule has 1 aromatic carbocycles. The van der Waals surface area contributed by atoms with Crippen LogP contribution in [0.1, 0.15) is 39.3 Å². The van der Waals surface area contributed by atoms with E-state index in [4.69, 9.17) is 16.9 Å². The molecule has 3 amide bonds. The molecule has 1 aliphatic rings. The molecule has 1 heterocycles. The number of carbonyl (C=O) groups is 3. The van der Waals surface area contributed by atoms with Crippen molar-refractivity contribution in [1.29, 1.82) is 5.26 Å². The number of hydrogen-bond donors (Lipinski definition) is 3. The molecule has 2 aromatic rings. The molecule has 0 unspecified atom stereocenters. The first-order valence-corrected chi connectivity index (χ1v) is 8.83. The number of hydrogen-bond acceptors (Lipinski definition) is 6. The smallest absolute Gasteiger partial charge is 0.273 e. The standard InChI is InChI=1S/C18H14ClFN6O3/c1-22-18(29)15-12(6-13(25-26-15)24-16(27)9-2-3-9)23-17(28)14-10(19)4-8(7-21)5-11(14)20/h4-6,9H,2-3H2,1H3,(H,22,29)(H2,23,24,25,27,28). The highest BCUT2D eigenvalue weighted by atomic mass is 35.5. The maximum absolute atomic E-state index is 14.3. The number of nitrogens with one attached hydrogen (secondary N) is 3. The van der Waals surface area contributed by atoms with Gasteiger partial charge in [0.05, 0.1) is 27.9 Å². The van der Waals surface area contributed by atoms with Crippen LogP contribution in [-0.4, -0.2) is 35.0 Å². The number of rotatable bonds is 5. The number of anilines is 2. The third-order valence-electron chi connectivity index (χ3n) is 4.08. The number of benzene rings is 1. The van der Waals surface area contributed by atoms with Crippen LogP contribution in [0.15, 0.2) is 18.2 Å². The molecule has 0 bridgehead atoms. The van der Waals surface area contributed by atoms with Gasteiger partial charge in [-0.05, 0) is 25.0 Å². The molecule has 9 nitrogen and oxygen atoms in total. The molecule has 1 aromatic heterocycles. The van der Waals surface area contributed by atoms with Gasteiger partial charge >= 0.3 is 0 Å². The van der Waals surface area contributed by atoms with E-state index in [1.165, 1.54) is 13.1 Å². The van der Waals surface area contributed by atoms with Gasteiger partial charge < -0.3 is 16.0 Å². The van der Waals surface area contributed by atoms with Crippen LogP contribution in [0.2, 0.25) is 5.02 Å². The average molecular weight is 417 g/mol. The van der Waals surface area contributed by atoms with E-state index in [-0.39, 0.29) is 39.6 Å². The summed E-state index contributed by atoms with van der Waals surface area (Å²) in [4.78, 5) is 36.5. The van der Waals surface area contributed by atoms with Crippen molar-refractivity contribution in [1.82, 2.24) is 15.5 Å². The van der Waals surface area contributed by atoms with Gasteiger partial charge in [-0.3, -0.25) is 14.4 Å². The molecule has 3 N–H and O–H groups in total. The van der Waals surface area contributed by atoms with Gasteiger partial charge in [0.15, 0.2) is 11.5 Å². The van der Waals surface area contributed by atoms with Crippen molar-refractivity contribution >= 4 is 40.8 Å². The van der Waals surface area contributed by atoms with E-state index in [9.17, 15) is 18.8 Å².